The minimum absolute atomic E-state index is 0.134. The maximum Gasteiger partial charge on any atom is 0.236 e. The molecule has 0 bridgehead atoms. The fraction of sp³-hybridized carbons (Fsp3) is 0.480. The van der Waals surface area contributed by atoms with E-state index in [4.69, 9.17) is 14.2 Å². The predicted molar refractivity (Wildman–Crippen MR) is 120 cm³/mol. The van der Waals surface area contributed by atoms with E-state index in [2.05, 4.69) is 17.0 Å². The Hall–Kier alpha value is -2.73. The van der Waals surface area contributed by atoms with E-state index in [0.29, 0.717) is 32.9 Å². The van der Waals surface area contributed by atoms with Gasteiger partial charge < -0.3 is 19.1 Å². The van der Waals surface area contributed by atoms with Crippen molar-refractivity contribution in [3.8, 4) is 17.2 Å². The Morgan fingerprint density at radius 1 is 1.10 bits per heavy atom. The highest BCUT2D eigenvalue weighted by Crippen LogP contribution is 2.37. The fourth-order valence-corrected chi connectivity index (χ4v) is 4.29. The van der Waals surface area contributed by atoms with Crippen LogP contribution in [0, 0.1) is 0 Å². The van der Waals surface area contributed by atoms with Crippen LogP contribution in [0.1, 0.15) is 43.4 Å². The molecule has 0 aromatic heterocycles. The molecule has 1 fully saturated rings. The second-order valence-corrected chi connectivity index (χ2v) is 8.21. The van der Waals surface area contributed by atoms with Crippen LogP contribution in [0.2, 0.25) is 0 Å². The highest BCUT2D eigenvalue weighted by atomic mass is 16.5. The van der Waals surface area contributed by atoms with Crippen molar-refractivity contribution in [2.75, 3.05) is 40.0 Å². The molecule has 166 valence electrons. The molecule has 0 spiro atoms. The summed E-state index contributed by atoms with van der Waals surface area (Å²) >= 11 is 0. The molecule has 0 N–H and O–H groups in total. The summed E-state index contributed by atoms with van der Waals surface area (Å²) in [4.78, 5) is 17.0. The molecule has 2 aromatic carbocycles. The van der Waals surface area contributed by atoms with Crippen LogP contribution in [-0.4, -0.2) is 55.7 Å². The van der Waals surface area contributed by atoms with Gasteiger partial charge in [-0.1, -0.05) is 18.2 Å². The van der Waals surface area contributed by atoms with E-state index in [1.54, 1.807) is 4.90 Å². The summed E-state index contributed by atoms with van der Waals surface area (Å²) in [5.74, 6) is 2.63. The van der Waals surface area contributed by atoms with Gasteiger partial charge in [-0.2, -0.15) is 0 Å². The number of hydrogen-bond acceptors (Lipinski definition) is 5. The third-order valence-corrected chi connectivity index (χ3v) is 5.94. The van der Waals surface area contributed by atoms with E-state index in [-0.39, 0.29) is 11.9 Å². The molecule has 2 aromatic rings. The van der Waals surface area contributed by atoms with Crippen molar-refractivity contribution in [2.24, 2.45) is 0 Å². The Morgan fingerprint density at radius 3 is 2.65 bits per heavy atom. The van der Waals surface area contributed by atoms with E-state index in [1.165, 1.54) is 5.56 Å². The maximum atomic E-state index is 12.9. The van der Waals surface area contributed by atoms with Gasteiger partial charge in [0.05, 0.1) is 26.4 Å². The number of rotatable bonds is 7. The first kappa shape index (κ1) is 21.5. The number of ether oxygens (including phenoxy) is 3. The first-order valence-corrected chi connectivity index (χ1v) is 11.2. The summed E-state index contributed by atoms with van der Waals surface area (Å²) in [6.45, 7) is 5.94. The van der Waals surface area contributed by atoms with Gasteiger partial charge in [-0.3, -0.25) is 9.69 Å². The summed E-state index contributed by atoms with van der Waals surface area (Å²) in [5.41, 5.74) is 2.30. The molecule has 0 radical (unpaired) electrons. The average Bonchev–Trinajstić information content (AvgIpc) is 3.10. The topological polar surface area (TPSA) is 51.2 Å². The quantitative estimate of drug-likeness (QED) is 0.671. The smallest absolute Gasteiger partial charge is 0.236 e. The number of amides is 1. The lowest BCUT2D eigenvalue weighted by Gasteiger charge is -2.27. The van der Waals surface area contributed by atoms with Gasteiger partial charge in [0, 0.05) is 26.1 Å². The normalized spacial score (nSPS) is 18.5. The summed E-state index contributed by atoms with van der Waals surface area (Å²) < 4.78 is 17.1. The molecule has 2 aliphatic rings. The Labute approximate surface area is 184 Å². The van der Waals surface area contributed by atoms with E-state index < -0.39 is 0 Å². The van der Waals surface area contributed by atoms with Gasteiger partial charge in [0.15, 0.2) is 11.5 Å². The Bertz CT molecular complexity index is 884. The lowest BCUT2D eigenvalue weighted by Crippen LogP contribution is -2.37. The Kier molecular flexibility index (Phi) is 6.97. The SMILES string of the molecule is CCOc1ccc(CN(C)C(=O)CN2CCC[C@H]2c2ccc3c(c2)OCCCO3)cc1. The molecule has 0 aliphatic carbocycles. The van der Waals surface area contributed by atoms with Crippen LogP contribution in [0.3, 0.4) is 0 Å². The zero-order valence-electron chi connectivity index (χ0n) is 18.5. The summed E-state index contributed by atoms with van der Waals surface area (Å²) in [7, 11) is 1.87. The average molecular weight is 425 g/mol. The molecule has 31 heavy (non-hydrogen) atoms. The third kappa shape index (κ3) is 5.31. The van der Waals surface area contributed by atoms with Gasteiger partial charge in [0.2, 0.25) is 5.91 Å². The molecule has 0 unspecified atom stereocenters. The Balaban J connectivity index is 1.37. The first-order valence-electron chi connectivity index (χ1n) is 11.2. The minimum Gasteiger partial charge on any atom is -0.494 e. The fourth-order valence-electron chi connectivity index (χ4n) is 4.29. The van der Waals surface area contributed by atoms with Crippen LogP contribution >= 0.6 is 0 Å². The van der Waals surface area contributed by atoms with Gasteiger partial charge in [0.1, 0.15) is 5.75 Å². The van der Waals surface area contributed by atoms with Gasteiger partial charge >= 0.3 is 0 Å². The second-order valence-electron chi connectivity index (χ2n) is 8.21. The van der Waals surface area contributed by atoms with Crippen LogP contribution in [0.5, 0.6) is 17.2 Å². The molecule has 6 nitrogen and oxygen atoms in total. The lowest BCUT2D eigenvalue weighted by molar-refractivity contribution is -0.131. The standard InChI is InChI=1S/C25H32N2O4/c1-3-29-21-10-7-19(8-11-21)17-26(2)25(28)18-27-13-4-6-22(27)20-9-12-23-24(16-20)31-15-5-14-30-23/h7-12,16,22H,3-6,13-15,17-18H2,1-2H3/t22-/m0/s1. The number of likely N-dealkylation sites (N-methyl/N-ethyl adjacent to an activating group) is 1. The molecule has 1 amide bonds. The van der Waals surface area contributed by atoms with Crippen molar-refractivity contribution in [3.63, 3.8) is 0 Å². The van der Waals surface area contributed by atoms with Crippen molar-refractivity contribution in [1.82, 2.24) is 9.80 Å². The van der Waals surface area contributed by atoms with Gasteiger partial charge in [0.25, 0.3) is 0 Å². The second kappa shape index (κ2) is 10.1. The van der Waals surface area contributed by atoms with Crippen molar-refractivity contribution in [3.05, 3.63) is 53.6 Å². The molecule has 0 saturated carbocycles. The van der Waals surface area contributed by atoms with E-state index >= 15 is 0 Å². The van der Waals surface area contributed by atoms with Crippen molar-refractivity contribution in [2.45, 2.75) is 38.8 Å². The van der Waals surface area contributed by atoms with Crippen molar-refractivity contribution < 1.29 is 19.0 Å². The summed E-state index contributed by atoms with van der Waals surface area (Å²) in [6, 6.07) is 14.4. The largest absolute Gasteiger partial charge is 0.494 e. The van der Waals surface area contributed by atoms with Crippen LogP contribution in [0.4, 0.5) is 0 Å². The number of carbonyl (C=O) groups is 1. The molecule has 4 rings (SSSR count). The maximum absolute atomic E-state index is 12.9. The monoisotopic (exact) mass is 424 g/mol. The predicted octanol–water partition coefficient (Wildman–Crippen LogP) is 4.04. The number of benzene rings is 2. The van der Waals surface area contributed by atoms with Crippen molar-refractivity contribution in [1.29, 1.82) is 0 Å². The molecular weight excluding hydrogens is 392 g/mol. The van der Waals surface area contributed by atoms with Crippen molar-refractivity contribution >= 4 is 5.91 Å². The minimum atomic E-state index is 0.134. The van der Waals surface area contributed by atoms with Gasteiger partial charge in [-0.05, 0) is 61.7 Å². The third-order valence-electron chi connectivity index (χ3n) is 5.94. The van der Waals surface area contributed by atoms with Crippen LogP contribution in [-0.2, 0) is 11.3 Å². The summed E-state index contributed by atoms with van der Waals surface area (Å²) in [6.07, 6.45) is 3.04. The highest BCUT2D eigenvalue weighted by molar-refractivity contribution is 5.78. The number of carbonyl (C=O) groups excluding carboxylic acids is 1. The zero-order chi connectivity index (χ0) is 21.6. The van der Waals surface area contributed by atoms with Crippen LogP contribution in [0.25, 0.3) is 0 Å². The van der Waals surface area contributed by atoms with E-state index in [1.807, 2.05) is 44.3 Å². The molecule has 6 heteroatoms. The molecule has 1 atom stereocenters. The molecule has 2 heterocycles. The van der Waals surface area contributed by atoms with E-state index in [0.717, 1.165) is 48.6 Å². The highest BCUT2D eigenvalue weighted by Gasteiger charge is 2.29. The van der Waals surface area contributed by atoms with E-state index in [9.17, 15) is 4.79 Å². The number of fused-ring (bicyclic) bond motifs is 1. The molecule has 2 aliphatic heterocycles. The Morgan fingerprint density at radius 2 is 1.87 bits per heavy atom. The van der Waals surface area contributed by atoms with Crippen LogP contribution in [0.15, 0.2) is 42.5 Å². The molecular formula is C25H32N2O4. The zero-order valence-corrected chi connectivity index (χ0v) is 18.5. The first-order chi connectivity index (χ1) is 15.1. The molecule has 1 saturated heterocycles. The van der Waals surface area contributed by atoms with Crippen LogP contribution < -0.4 is 14.2 Å². The number of hydrogen-bond donors (Lipinski definition) is 0. The number of likely N-dealkylation sites (tertiary alicyclic amines) is 1. The van der Waals surface area contributed by atoms with Gasteiger partial charge in [-0.15, -0.1) is 0 Å². The summed E-state index contributed by atoms with van der Waals surface area (Å²) in [5, 5.41) is 0. The number of nitrogens with zero attached hydrogens (tertiary/aromatic N) is 2. The lowest BCUT2D eigenvalue weighted by atomic mass is 10.0. The van der Waals surface area contributed by atoms with Gasteiger partial charge in [-0.25, -0.2) is 0 Å².